The van der Waals surface area contributed by atoms with Gasteiger partial charge in [-0.3, -0.25) is 9.59 Å². The van der Waals surface area contributed by atoms with Gasteiger partial charge in [0.15, 0.2) is 0 Å². The smallest absolute Gasteiger partial charge is 0.407 e. The molecule has 0 spiro atoms. The molecule has 0 saturated heterocycles. The summed E-state index contributed by atoms with van der Waals surface area (Å²) in [5, 5.41) is 16.5. The van der Waals surface area contributed by atoms with Crippen LogP contribution < -0.4 is 10.6 Å². The Morgan fingerprint density at radius 1 is 0.943 bits per heavy atom. The number of nitrogens with one attached hydrogen (secondary N) is 2. The molecule has 1 heterocycles. The summed E-state index contributed by atoms with van der Waals surface area (Å²) in [6.07, 6.45) is -0.936. The van der Waals surface area contributed by atoms with Crippen molar-refractivity contribution < 1.29 is 24.2 Å². The zero-order valence-electron chi connectivity index (χ0n) is 19.6. The van der Waals surface area contributed by atoms with Crippen LogP contribution in [0, 0.1) is 5.92 Å². The molecule has 0 fully saturated rings. The molecule has 2 atom stereocenters. The van der Waals surface area contributed by atoms with Crippen molar-refractivity contribution in [2.24, 2.45) is 5.92 Å². The van der Waals surface area contributed by atoms with Crippen LogP contribution in [0.15, 0.2) is 66.0 Å². The lowest BCUT2D eigenvalue weighted by Crippen LogP contribution is -2.50. The standard InChI is InChI=1S/C27H28N2O5S/c1-16(2)25(26(32)28-22(14-24(30)31)23-12-7-13-35-23)29-27(33)34-15-21-19-10-5-3-8-17(19)18-9-4-6-11-20(18)21/h3-13,16,21-22,25H,14-15H2,1-2H3,(H,28,32)(H,29,33)(H,30,31)/t22?,25-/m1/s1. The molecule has 35 heavy (non-hydrogen) atoms. The van der Waals surface area contributed by atoms with Crippen LogP contribution in [-0.2, 0) is 14.3 Å². The molecule has 1 unspecified atom stereocenters. The van der Waals surface area contributed by atoms with Crippen LogP contribution in [0.4, 0.5) is 4.79 Å². The zero-order valence-corrected chi connectivity index (χ0v) is 20.4. The van der Waals surface area contributed by atoms with E-state index in [0.29, 0.717) is 0 Å². The molecule has 0 aliphatic heterocycles. The molecule has 2 amide bonds. The third-order valence-corrected chi connectivity index (χ3v) is 7.13. The minimum absolute atomic E-state index is 0.0850. The second-order valence-electron chi connectivity index (χ2n) is 8.87. The summed E-state index contributed by atoms with van der Waals surface area (Å²) in [6.45, 7) is 3.76. The molecule has 0 radical (unpaired) electrons. The van der Waals surface area contributed by atoms with Crippen molar-refractivity contribution >= 4 is 29.3 Å². The van der Waals surface area contributed by atoms with Crippen LogP contribution in [0.5, 0.6) is 0 Å². The number of ether oxygens (including phenoxy) is 1. The first-order valence-electron chi connectivity index (χ1n) is 11.5. The fourth-order valence-corrected chi connectivity index (χ4v) is 5.23. The Morgan fingerprint density at radius 2 is 1.57 bits per heavy atom. The average Bonchev–Trinajstić information content (AvgIpc) is 3.47. The predicted molar refractivity (Wildman–Crippen MR) is 134 cm³/mol. The minimum atomic E-state index is -1.02. The van der Waals surface area contributed by atoms with E-state index in [9.17, 15) is 19.5 Å². The predicted octanol–water partition coefficient (Wildman–Crippen LogP) is 4.94. The molecule has 3 N–H and O–H groups in total. The Morgan fingerprint density at radius 3 is 2.11 bits per heavy atom. The van der Waals surface area contributed by atoms with Gasteiger partial charge in [-0.15, -0.1) is 11.3 Å². The van der Waals surface area contributed by atoms with Crippen molar-refractivity contribution in [1.82, 2.24) is 10.6 Å². The lowest BCUT2D eigenvalue weighted by Gasteiger charge is -2.25. The maximum absolute atomic E-state index is 13.0. The molecule has 1 aliphatic rings. The van der Waals surface area contributed by atoms with E-state index in [1.807, 2.05) is 55.6 Å². The van der Waals surface area contributed by atoms with Crippen molar-refractivity contribution in [2.75, 3.05) is 6.61 Å². The highest BCUT2D eigenvalue weighted by Crippen LogP contribution is 2.44. The lowest BCUT2D eigenvalue weighted by molar-refractivity contribution is -0.137. The molecule has 182 valence electrons. The molecule has 0 saturated carbocycles. The van der Waals surface area contributed by atoms with Crippen LogP contribution in [0.1, 0.15) is 48.2 Å². The van der Waals surface area contributed by atoms with Crippen molar-refractivity contribution in [3.63, 3.8) is 0 Å². The first-order chi connectivity index (χ1) is 16.8. The van der Waals surface area contributed by atoms with Crippen LogP contribution in [0.25, 0.3) is 11.1 Å². The van der Waals surface area contributed by atoms with E-state index in [2.05, 4.69) is 22.8 Å². The third-order valence-electron chi connectivity index (χ3n) is 6.15. The molecular weight excluding hydrogens is 464 g/mol. The van der Waals surface area contributed by atoms with Crippen molar-refractivity contribution in [3.8, 4) is 11.1 Å². The van der Waals surface area contributed by atoms with Gasteiger partial charge in [0.25, 0.3) is 0 Å². The number of thiophene rings is 1. The van der Waals surface area contributed by atoms with Gasteiger partial charge < -0.3 is 20.5 Å². The average molecular weight is 493 g/mol. The number of carboxylic acid groups (broad SMARTS) is 1. The van der Waals surface area contributed by atoms with Crippen LogP contribution in [0.2, 0.25) is 0 Å². The number of carboxylic acids is 1. The Hall–Kier alpha value is -3.65. The van der Waals surface area contributed by atoms with E-state index in [-0.39, 0.29) is 24.9 Å². The summed E-state index contributed by atoms with van der Waals surface area (Å²) >= 11 is 1.37. The van der Waals surface area contributed by atoms with E-state index in [1.54, 1.807) is 12.1 Å². The zero-order chi connectivity index (χ0) is 24.9. The fourth-order valence-electron chi connectivity index (χ4n) is 4.45. The highest BCUT2D eigenvalue weighted by Gasteiger charge is 2.31. The molecule has 2 aromatic carbocycles. The molecule has 8 heteroatoms. The second-order valence-corrected chi connectivity index (χ2v) is 9.85. The summed E-state index contributed by atoms with van der Waals surface area (Å²) < 4.78 is 5.59. The number of benzene rings is 2. The number of amides is 2. The Labute approximate surface area is 208 Å². The molecule has 3 aromatic rings. The van der Waals surface area contributed by atoms with E-state index >= 15 is 0 Å². The third kappa shape index (κ3) is 5.54. The van der Waals surface area contributed by atoms with Gasteiger partial charge in [0.2, 0.25) is 5.91 Å². The summed E-state index contributed by atoms with van der Waals surface area (Å²) in [7, 11) is 0. The summed E-state index contributed by atoms with van der Waals surface area (Å²) in [5.74, 6) is -1.79. The number of hydrogen-bond donors (Lipinski definition) is 3. The summed E-state index contributed by atoms with van der Waals surface area (Å²) in [5.41, 5.74) is 4.48. The maximum atomic E-state index is 13.0. The largest absolute Gasteiger partial charge is 0.481 e. The van der Waals surface area contributed by atoms with E-state index in [0.717, 1.165) is 27.1 Å². The number of alkyl carbamates (subject to hydrolysis) is 1. The molecular formula is C27H28N2O5S. The number of carbonyl (C=O) groups excluding carboxylic acids is 2. The van der Waals surface area contributed by atoms with Gasteiger partial charge in [-0.05, 0) is 39.6 Å². The molecule has 4 rings (SSSR count). The van der Waals surface area contributed by atoms with Gasteiger partial charge >= 0.3 is 12.1 Å². The van der Waals surface area contributed by atoms with Crippen LogP contribution >= 0.6 is 11.3 Å². The second kappa shape index (κ2) is 10.7. The Bertz CT molecular complexity index is 1160. The molecule has 0 bridgehead atoms. The SMILES string of the molecule is CC(C)[C@@H](NC(=O)OCC1c2ccccc2-c2ccccc21)C(=O)NC(CC(=O)O)c1cccs1. The van der Waals surface area contributed by atoms with E-state index in [4.69, 9.17) is 4.74 Å². The van der Waals surface area contributed by atoms with Gasteiger partial charge in [0.05, 0.1) is 12.5 Å². The van der Waals surface area contributed by atoms with Crippen molar-refractivity contribution in [1.29, 1.82) is 0 Å². The monoisotopic (exact) mass is 492 g/mol. The topological polar surface area (TPSA) is 105 Å². The molecule has 7 nitrogen and oxygen atoms in total. The van der Waals surface area contributed by atoms with Crippen LogP contribution in [0.3, 0.4) is 0 Å². The maximum Gasteiger partial charge on any atom is 0.407 e. The highest BCUT2D eigenvalue weighted by molar-refractivity contribution is 7.10. The van der Waals surface area contributed by atoms with Crippen LogP contribution in [-0.4, -0.2) is 35.7 Å². The number of carbonyl (C=O) groups is 3. The summed E-state index contributed by atoms with van der Waals surface area (Å²) in [6, 6.07) is 18.2. The minimum Gasteiger partial charge on any atom is -0.481 e. The van der Waals surface area contributed by atoms with Gasteiger partial charge in [-0.25, -0.2) is 4.79 Å². The first-order valence-corrected chi connectivity index (χ1v) is 12.4. The Kier molecular flexibility index (Phi) is 7.51. The summed E-state index contributed by atoms with van der Waals surface area (Å²) in [4.78, 5) is 37.8. The normalized spacial score (nSPS) is 14.0. The molecule has 1 aliphatic carbocycles. The van der Waals surface area contributed by atoms with Gasteiger partial charge in [-0.1, -0.05) is 68.4 Å². The number of hydrogen-bond acceptors (Lipinski definition) is 5. The first kappa shape index (κ1) is 24.5. The highest BCUT2D eigenvalue weighted by atomic mass is 32.1. The lowest BCUT2D eigenvalue weighted by atomic mass is 9.98. The van der Waals surface area contributed by atoms with Gasteiger partial charge in [0.1, 0.15) is 12.6 Å². The van der Waals surface area contributed by atoms with Gasteiger partial charge in [0, 0.05) is 10.8 Å². The van der Waals surface area contributed by atoms with E-state index in [1.165, 1.54) is 11.3 Å². The number of aliphatic carboxylic acids is 1. The van der Waals surface area contributed by atoms with Crippen molar-refractivity contribution in [2.45, 2.75) is 38.3 Å². The van der Waals surface area contributed by atoms with Gasteiger partial charge in [-0.2, -0.15) is 0 Å². The number of fused-ring (bicyclic) bond motifs is 3. The fraction of sp³-hybridized carbons (Fsp3) is 0.296. The molecule has 1 aromatic heterocycles. The Balaban J connectivity index is 1.41. The van der Waals surface area contributed by atoms with Crippen molar-refractivity contribution in [3.05, 3.63) is 82.0 Å². The quantitative estimate of drug-likeness (QED) is 0.392. The van der Waals surface area contributed by atoms with E-state index < -0.39 is 30.1 Å². The number of rotatable bonds is 9.